The second-order valence-electron chi connectivity index (χ2n) is 3.90. The topological polar surface area (TPSA) is 21.7 Å². The van der Waals surface area contributed by atoms with Gasteiger partial charge in [0, 0.05) is 20.2 Å². The summed E-state index contributed by atoms with van der Waals surface area (Å²) in [5, 5.41) is 0. The summed E-state index contributed by atoms with van der Waals surface area (Å²) in [5.74, 6) is 0. The highest BCUT2D eigenvalue weighted by molar-refractivity contribution is 4.71. The van der Waals surface area contributed by atoms with E-state index in [4.69, 9.17) is 9.47 Å². The Bertz CT molecular complexity index is 134. The molecule has 0 aromatic heterocycles. The van der Waals surface area contributed by atoms with Crippen LogP contribution in [0.5, 0.6) is 0 Å². The van der Waals surface area contributed by atoms with Crippen LogP contribution in [0.1, 0.15) is 53.9 Å². The van der Waals surface area contributed by atoms with Gasteiger partial charge in [-0.1, -0.05) is 34.6 Å². The molecule has 0 spiro atoms. The molecule has 3 heteroatoms. The van der Waals surface area contributed by atoms with Gasteiger partial charge in [-0.05, 0) is 25.8 Å². The number of piperidine rings is 1. The maximum atomic E-state index is 5.70. The molecule has 1 aliphatic rings. The Hall–Kier alpha value is -0.120. The molecule has 0 bridgehead atoms. The molecule has 0 N–H and O–H groups in total. The Balaban J connectivity index is 0. The van der Waals surface area contributed by atoms with Crippen molar-refractivity contribution in [3.05, 3.63) is 0 Å². The highest BCUT2D eigenvalue weighted by Crippen LogP contribution is 2.13. The molecule has 0 amide bonds. The van der Waals surface area contributed by atoms with Crippen molar-refractivity contribution in [3.63, 3.8) is 0 Å². The van der Waals surface area contributed by atoms with Gasteiger partial charge in [-0.2, -0.15) is 0 Å². The van der Waals surface area contributed by atoms with Crippen molar-refractivity contribution in [3.8, 4) is 0 Å². The van der Waals surface area contributed by atoms with Crippen molar-refractivity contribution in [1.82, 2.24) is 4.90 Å². The van der Waals surface area contributed by atoms with Gasteiger partial charge < -0.3 is 14.4 Å². The molecule has 1 fully saturated rings. The van der Waals surface area contributed by atoms with Gasteiger partial charge in [0.2, 0.25) is 0 Å². The first kappa shape index (κ1) is 20.2. The fraction of sp³-hybridized carbons (Fsp3) is 1.00. The molecular formula is C15H35NO2. The van der Waals surface area contributed by atoms with Gasteiger partial charge >= 0.3 is 0 Å². The highest BCUT2D eigenvalue weighted by atomic mass is 16.5. The fourth-order valence-electron chi connectivity index (χ4n) is 1.91. The molecular weight excluding hydrogens is 226 g/mol. The van der Waals surface area contributed by atoms with Crippen LogP contribution in [0.4, 0.5) is 0 Å². The van der Waals surface area contributed by atoms with Crippen molar-refractivity contribution in [2.75, 3.05) is 40.0 Å². The number of hydrogen-bond acceptors (Lipinski definition) is 3. The van der Waals surface area contributed by atoms with Crippen LogP contribution in [-0.2, 0) is 9.47 Å². The molecule has 0 unspecified atom stereocenters. The molecule has 112 valence electrons. The van der Waals surface area contributed by atoms with E-state index in [-0.39, 0.29) is 0 Å². The molecule has 0 aliphatic carbocycles. The number of nitrogens with zero attached hydrogens (tertiary/aromatic N) is 1. The van der Waals surface area contributed by atoms with Crippen molar-refractivity contribution < 1.29 is 9.47 Å². The summed E-state index contributed by atoms with van der Waals surface area (Å²) in [5.41, 5.74) is 0. The first-order valence-corrected chi connectivity index (χ1v) is 7.69. The molecule has 0 aromatic carbocycles. The molecule has 18 heavy (non-hydrogen) atoms. The van der Waals surface area contributed by atoms with Gasteiger partial charge in [-0.3, -0.25) is 0 Å². The Morgan fingerprint density at radius 2 is 1.56 bits per heavy atom. The van der Waals surface area contributed by atoms with E-state index in [0.717, 1.165) is 13.2 Å². The normalized spacial score (nSPS) is 16.3. The van der Waals surface area contributed by atoms with Gasteiger partial charge in [0.15, 0.2) is 0 Å². The Morgan fingerprint density at radius 3 is 2.00 bits per heavy atom. The maximum absolute atomic E-state index is 5.70. The number of hydrogen-bond donors (Lipinski definition) is 0. The third-order valence-electron chi connectivity index (χ3n) is 2.72. The Morgan fingerprint density at radius 1 is 1.00 bits per heavy atom. The van der Waals surface area contributed by atoms with E-state index in [1.807, 2.05) is 27.7 Å². The molecule has 0 atom stereocenters. The summed E-state index contributed by atoms with van der Waals surface area (Å²) in [4.78, 5) is 2.52. The molecule has 1 rings (SSSR count). The average Bonchev–Trinajstić information content (AvgIpc) is 2.46. The lowest BCUT2D eigenvalue weighted by atomic mass is 10.1. The number of methoxy groups -OCH3 is 1. The van der Waals surface area contributed by atoms with Crippen LogP contribution in [0, 0.1) is 0 Å². The predicted molar refractivity (Wildman–Crippen MR) is 80.3 cm³/mol. The van der Waals surface area contributed by atoms with Gasteiger partial charge in [-0.25, -0.2) is 0 Å². The summed E-state index contributed by atoms with van der Waals surface area (Å²) in [6.07, 6.45) is 4.10. The maximum Gasteiger partial charge on any atom is 0.0704 e. The molecule has 0 radical (unpaired) electrons. The van der Waals surface area contributed by atoms with E-state index in [2.05, 4.69) is 11.8 Å². The molecule has 0 aromatic rings. The van der Waals surface area contributed by atoms with Gasteiger partial charge in [-0.15, -0.1) is 0 Å². The van der Waals surface area contributed by atoms with Crippen LogP contribution < -0.4 is 0 Å². The zero-order valence-corrected chi connectivity index (χ0v) is 13.5. The van der Waals surface area contributed by atoms with E-state index in [9.17, 15) is 0 Å². The van der Waals surface area contributed by atoms with Crippen LogP contribution in [0.15, 0.2) is 0 Å². The van der Waals surface area contributed by atoms with Crippen LogP contribution in [0.25, 0.3) is 0 Å². The second-order valence-corrected chi connectivity index (χ2v) is 3.90. The van der Waals surface area contributed by atoms with Gasteiger partial charge in [0.1, 0.15) is 0 Å². The van der Waals surface area contributed by atoms with Gasteiger partial charge in [0.25, 0.3) is 0 Å². The summed E-state index contributed by atoms with van der Waals surface area (Å²) < 4.78 is 10.7. The lowest BCUT2D eigenvalue weighted by Crippen LogP contribution is -2.37. The fourth-order valence-corrected chi connectivity index (χ4v) is 1.91. The standard InChI is InChI=1S/C11H23NO2.2C2H6/c1-3-6-12-7-4-11(5-8-12)14-10-9-13-2;2*1-2/h11H,3-10H2,1-2H3;2*1-2H3. The number of ether oxygens (including phenoxy) is 2. The highest BCUT2D eigenvalue weighted by Gasteiger charge is 2.18. The predicted octanol–water partition coefficient (Wildman–Crippen LogP) is 3.58. The van der Waals surface area contributed by atoms with Crippen molar-refractivity contribution in [2.45, 2.75) is 60.0 Å². The molecule has 1 heterocycles. The second kappa shape index (κ2) is 16.9. The van der Waals surface area contributed by atoms with E-state index >= 15 is 0 Å². The smallest absolute Gasteiger partial charge is 0.0704 e. The quantitative estimate of drug-likeness (QED) is 0.682. The van der Waals surface area contributed by atoms with Gasteiger partial charge in [0.05, 0.1) is 19.3 Å². The first-order chi connectivity index (χ1) is 8.86. The third kappa shape index (κ3) is 11.0. The lowest BCUT2D eigenvalue weighted by molar-refractivity contribution is -0.0145. The van der Waals surface area contributed by atoms with Crippen LogP contribution in [-0.4, -0.2) is 51.0 Å². The van der Waals surface area contributed by atoms with E-state index in [1.165, 1.54) is 38.9 Å². The third-order valence-corrected chi connectivity index (χ3v) is 2.72. The lowest BCUT2D eigenvalue weighted by Gasteiger charge is -2.31. The monoisotopic (exact) mass is 261 g/mol. The summed E-state index contributed by atoms with van der Waals surface area (Å²) >= 11 is 0. The first-order valence-electron chi connectivity index (χ1n) is 7.69. The average molecular weight is 261 g/mol. The molecule has 3 nitrogen and oxygen atoms in total. The molecule has 1 saturated heterocycles. The largest absolute Gasteiger partial charge is 0.382 e. The summed E-state index contributed by atoms with van der Waals surface area (Å²) in [7, 11) is 1.72. The Labute approximate surface area is 115 Å². The van der Waals surface area contributed by atoms with E-state index in [1.54, 1.807) is 7.11 Å². The van der Waals surface area contributed by atoms with Crippen LogP contribution >= 0.6 is 0 Å². The van der Waals surface area contributed by atoms with E-state index < -0.39 is 0 Å². The number of rotatable bonds is 6. The minimum atomic E-state index is 0.471. The zero-order chi connectivity index (χ0) is 14.2. The minimum absolute atomic E-state index is 0.471. The van der Waals surface area contributed by atoms with Crippen molar-refractivity contribution >= 4 is 0 Å². The van der Waals surface area contributed by atoms with Crippen molar-refractivity contribution in [1.29, 1.82) is 0 Å². The van der Waals surface area contributed by atoms with Crippen molar-refractivity contribution in [2.24, 2.45) is 0 Å². The SMILES string of the molecule is CC.CC.CCCN1CCC(OCCOC)CC1. The minimum Gasteiger partial charge on any atom is -0.382 e. The number of likely N-dealkylation sites (tertiary alicyclic amines) is 1. The molecule has 1 aliphatic heterocycles. The van der Waals surface area contributed by atoms with Crippen LogP contribution in [0.2, 0.25) is 0 Å². The summed E-state index contributed by atoms with van der Waals surface area (Å²) in [6.45, 7) is 15.3. The van der Waals surface area contributed by atoms with Crippen LogP contribution in [0.3, 0.4) is 0 Å². The molecule has 0 saturated carbocycles. The summed E-state index contributed by atoms with van der Waals surface area (Å²) in [6, 6.07) is 0. The Kier molecular flexibility index (Phi) is 18.9. The van der Waals surface area contributed by atoms with E-state index in [0.29, 0.717) is 6.10 Å². The zero-order valence-electron chi connectivity index (χ0n) is 13.5.